The highest BCUT2D eigenvalue weighted by Gasteiger charge is 2.43. The van der Waals surface area contributed by atoms with Gasteiger partial charge in [0, 0.05) is 47.9 Å². The predicted octanol–water partition coefficient (Wildman–Crippen LogP) is 7.62. The summed E-state index contributed by atoms with van der Waals surface area (Å²) in [5.74, 6) is 3.20. The molecule has 3 aromatic carbocycles. The van der Waals surface area contributed by atoms with Crippen LogP contribution in [0.5, 0.6) is 11.5 Å². The van der Waals surface area contributed by atoms with E-state index in [0.29, 0.717) is 35.1 Å². The number of likely N-dealkylation sites (tertiary alicyclic amines) is 1. The number of benzene rings is 3. The number of methoxy groups -OCH3 is 2. The molecule has 0 saturated carbocycles. The van der Waals surface area contributed by atoms with E-state index in [1.807, 2.05) is 54.7 Å². The number of nitrogens with one attached hydrogen (secondary N) is 1. The highest BCUT2D eigenvalue weighted by molar-refractivity contribution is 6.03. The molecule has 5 aliphatic rings. The van der Waals surface area contributed by atoms with E-state index >= 15 is 0 Å². The normalized spacial score (nSPS) is 23.5. The minimum absolute atomic E-state index is 0.109. The highest BCUT2D eigenvalue weighted by atomic mass is 16.5. The zero-order valence-electron chi connectivity index (χ0n) is 32.0. The highest BCUT2D eigenvalue weighted by Crippen LogP contribution is 2.40. The number of pyridine rings is 1. The van der Waals surface area contributed by atoms with Crippen LogP contribution >= 0.6 is 0 Å². The number of fused-ring (bicyclic) bond motifs is 5. The van der Waals surface area contributed by atoms with Gasteiger partial charge in [0.1, 0.15) is 5.58 Å². The first-order valence-electron chi connectivity index (χ1n) is 19.9. The van der Waals surface area contributed by atoms with E-state index in [-0.39, 0.29) is 23.7 Å². The average molecular weight is 741 g/mol. The van der Waals surface area contributed by atoms with E-state index in [4.69, 9.17) is 13.9 Å². The van der Waals surface area contributed by atoms with Crippen LogP contribution in [0.15, 0.2) is 102 Å². The molecule has 5 aromatic rings. The summed E-state index contributed by atoms with van der Waals surface area (Å²) in [7, 11) is 3.26. The van der Waals surface area contributed by atoms with Crippen molar-refractivity contribution in [2.75, 3.05) is 40.4 Å². The number of ether oxygens (including phenoxy) is 2. The number of carbonyl (C=O) groups is 2. The van der Waals surface area contributed by atoms with E-state index in [1.165, 1.54) is 24.0 Å². The lowest BCUT2D eigenvalue weighted by Gasteiger charge is -2.51. The van der Waals surface area contributed by atoms with Crippen molar-refractivity contribution in [1.29, 1.82) is 0 Å². The number of carbonyl (C=O) groups excluding carboxylic acids is 2. The Morgan fingerprint density at radius 1 is 0.855 bits per heavy atom. The monoisotopic (exact) mass is 740 g/mol. The molecule has 0 spiro atoms. The average Bonchev–Trinajstić information content (AvgIpc) is 3.80. The van der Waals surface area contributed by atoms with Crippen LogP contribution in [0.2, 0.25) is 0 Å². The maximum Gasteiger partial charge on any atom is 0.287 e. The van der Waals surface area contributed by atoms with Gasteiger partial charge >= 0.3 is 0 Å². The molecule has 0 radical (unpaired) electrons. The predicted molar refractivity (Wildman–Crippen MR) is 214 cm³/mol. The van der Waals surface area contributed by atoms with E-state index in [1.54, 1.807) is 20.4 Å². The number of Topliss-reactive ketones (excluding diaryl/α,β-unsaturated/α-hetero) is 1. The Morgan fingerprint density at radius 3 is 2.31 bits per heavy atom. The van der Waals surface area contributed by atoms with Crippen molar-refractivity contribution in [3.8, 4) is 11.5 Å². The van der Waals surface area contributed by atoms with Gasteiger partial charge in [-0.1, -0.05) is 54.6 Å². The Kier molecular flexibility index (Phi) is 11.3. The number of aromatic nitrogens is 1. The zero-order chi connectivity index (χ0) is 37.7. The lowest BCUT2D eigenvalue weighted by molar-refractivity contribution is 0.0131. The summed E-state index contributed by atoms with van der Waals surface area (Å²) < 4.78 is 16.5. The fourth-order valence-electron chi connectivity index (χ4n) is 9.41. The molecule has 4 fully saturated rings. The molecular weight excluding hydrogens is 689 g/mol. The van der Waals surface area contributed by atoms with Crippen molar-refractivity contribution in [2.45, 2.75) is 63.6 Å². The van der Waals surface area contributed by atoms with Gasteiger partial charge in [-0.25, -0.2) is 0 Å². The van der Waals surface area contributed by atoms with E-state index in [0.717, 1.165) is 86.9 Å². The van der Waals surface area contributed by atoms with Gasteiger partial charge in [0.25, 0.3) is 5.91 Å². The molecular formula is C46H52N4O5. The molecule has 55 heavy (non-hydrogen) atoms. The van der Waals surface area contributed by atoms with Gasteiger partial charge < -0.3 is 19.2 Å². The zero-order valence-corrected chi connectivity index (χ0v) is 32.0. The van der Waals surface area contributed by atoms with Crippen molar-refractivity contribution in [2.24, 2.45) is 17.8 Å². The molecule has 2 aromatic heterocycles. The molecule has 9 nitrogen and oxygen atoms in total. The molecule has 3 atom stereocenters. The van der Waals surface area contributed by atoms with Crippen LogP contribution in [0.25, 0.3) is 11.0 Å². The first kappa shape index (κ1) is 37.0. The molecule has 4 saturated heterocycles. The van der Waals surface area contributed by atoms with Gasteiger partial charge in [-0.3, -0.25) is 24.4 Å². The molecule has 3 unspecified atom stereocenters. The number of rotatable bonds is 10. The number of nitrogens with zero attached hydrogens (tertiary/aromatic N) is 3. The molecule has 1 aliphatic carbocycles. The van der Waals surface area contributed by atoms with E-state index < -0.39 is 0 Å². The Balaban J connectivity index is 0.000000155. The molecule has 6 heterocycles. The molecule has 4 aliphatic heterocycles. The summed E-state index contributed by atoms with van der Waals surface area (Å²) in [4.78, 5) is 35.2. The number of ketones is 1. The quantitative estimate of drug-likeness (QED) is 0.156. The van der Waals surface area contributed by atoms with Gasteiger partial charge in [-0.15, -0.1) is 0 Å². The fraction of sp³-hybridized carbons (Fsp3) is 0.413. The Hall–Kier alpha value is -4.99. The summed E-state index contributed by atoms with van der Waals surface area (Å²) >= 11 is 0. The van der Waals surface area contributed by atoms with Crippen LogP contribution in [0.1, 0.15) is 69.7 Å². The van der Waals surface area contributed by atoms with Gasteiger partial charge in [-0.05, 0) is 130 Å². The second-order valence-electron chi connectivity index (χ2n) is 15.7. The maximum atomic E-state index is 12.9. The van der Waals surface area contributed by atoms with Gasteiger partial charge in [-0.2, -0.15) is 0 Å². The molecule has 1 amide bonds. The number of hydrogen-bond donors (Lipinski definition) is 1. The minimum Gasteiger partial charge on any atom is -0.493 e. The minimum atomic E-state index is -0.110. The molecule has 10 rings (SSSR count). The van der Waals surface area contributed by atoms with Crippen LogP contribution in [0.3, 0.4) is 0 Å². The number of furan rings is 1. The van der Waals surface area contributed by atoms with Crippen LogP contribution in [-0.4, -0.2) is 79.0 Å². The summed E-state index contributed by atoms with van der Waals surface area (Å²) in [5, 5.41) is 4.26. The van der Waals surface area contributed by atoms with E-state index in [9.17, 15) is 9.59 Å². The van der Waals surface area contributed by atoms with Gasteiger partial charge in [0.05, 0.1) is 14.2 Å². The van der Waals surface area contributed by atoms with Crippen LogP contribution < -0.4 is 14.8 Å². The second kappa shape index (κ2) is 16.8. The Labute approximate surface area is 324 Å². The first-order chi connectivity index (χ1) is 26.9. The van der Waals surface area contributed by atoms with Crippen molar-refractivity contribution in [3.05, 3.63) is 125 Å². The van der Waals surface area contributed by atoms with Gasteiger partial charge in [0.2, 0.25) is 0 Å². The number of piperidine rings is 4. The SMILES string of the molecule is COc1cc2c(cc1OC)C(=O)C(CC1CCN(Cc3ccccc3)CC1)C2.O=C(NC1C2CCN(CC2)C1Cc1cccnc1)c1cc2ccccc2o1. The maximum absolute atomic E-state index is 12.9. The third kappa shape index (κ3) is 8.33. The summed E-state index contributed by atoms with van der Waals surface area (Å²) in [6.45, 7) is 5.50. The lowest BCUT2D eigenvalue weighted by Crippen LogP contribution is -2.64. The fourth-order valence-corrected chi connectivity index (χ4v) is 9.41. The summed E-state index contributed by atoms with van der Waals surface area (Å²) in [6.07, 6.45) is 11.1. The summed E-state index contributed by atoms with van der Waals surface area (Å²) in [6, 6.07) is 28.7. The third-order valence-corrected chi connectivity index (χ3v) is 12.4. The Morgan fingerprint density at radius 2 is 1.58 bits per heavy atom. The second-order valence-corrected chi connectivity index (χ2v) is 15.7. The van der Waals surface area contributed by atoms with Crippen molar-refractivity contribution in [1.82, 2.24) is 20.1 Å². The largest absolute Gasteiger partial charge is 0.493 e. The number of hydrogen-bond acceptors (Lipinski definition) is 8. The Bertz CT molecular complexity index is 2040. The first-order valence-corrected chi connectivity index (χ1v) is 19.9. The topological polar surface area (TPSA) is 97.1 Å². The van der Waals surface area contributed by atoms with Crippen LogP contribution in [-0.2, 0) is 19.4 Å². The summed E-state index contributed by atoms with van der Waals surface area (Å²) in [5.41, 5.74) is 5.28. The smallest absolute Gasteiger partial charge is 0.287 e. The lowest BCUT2D eigenvalue weighted by atomic mass is 9.76. The van der Waals surface area contributed by atoms with Gasteiger partial charge in [0.15, 0.2) is 23.0 Å². The van der Waals surface area contributed by atoms with Crippen LogP contribution in [0, 0.1) is 17.8 Å². The molecule has 2 bridgehead atoms. The van der Waals surface area contributed by atoms with Crippen LogP contribution in [0.4, 0.5) is 0 Å². The van der Waals surface area contributed by atoms with Crippen molar-refractivity contribution in [3.63, 3.8) is 0 Å². The van der Waals surface area contributed by atoms with E-state index in [2.05, 4.69) is 56.5 Å². The number of para-hydroxylation sites is 1. The number of amides is 1. The molecule has 9 heteroatoms. The van der Waals surface area contributed by atoms with Crippen molar-refractivity contribution >= 4 is 22.7 Å². The molecule has 1 N–H and O–H groups in total. The third-order valence-electron chi connectivity index (χ3n) is 12.4. The van der Waals surface area contributed by atoms with Crippen molar-refractivity contribution < 1.29 is 23.5 Å². The standard InChI is InChI=1S/C24H29NO3.C22H23N3O2/c1-27-22-14-19-13-20(24(26)21(19)15-23(22)28-2)12-17-8-10-25(11-9-17)16-18-6-4-3-5-7-18;26-22(20-13-17-5-1-2-6-19(17)27-20)24-21-16-7-10-25(11-8-16)18(21)12-15-4-3-9-23-14-15/h3-7,14-15,17,20H,8-13,16H2,1-2H3;1-6,9,13-14,16,18,21H,7-8,10-12H2,(H,24,26). The molecule has 286 valence electrons.